The van der Waals surface area contributed by atoms with Crippen LogP contribution >= 0.6 is 15.9 Å². The molecule has 6 aromatic rings. The maximum Gasteiger partial charge on any atom is 0.0714 e. The Kier molecular flexibility index (Phi) is 5.60. The molecular formula is C37H25Br. The highest BCUT2D eigenvalue weighted by Crippen LogP contribution is 2.58. The monoisotopic (exact) mass is 548 g/mol. The van der Waals surface area contributed by atoms with Crippen LogP contribution in [0.2, 0.25) is 0 Å². The van der Waals surface area contributed by atoms with Gasteiger partial charge in [-0.2, -0.15) is 0 Å². The van der Waals surface area contributed by atoms with Gasteiger partial charge < -0.3 is 0 Å². The Labute approximate surface area is 232 Å². The molecule has 0 nitrogen and oxygen atoms in total. The summed E-state index contributed by atoms with van der Waals surface area (Å²) in [6, 6.07) is 55.1. The topological polar surface area (TPSA) is 0 Å². The van der Waals surface area contributed by atoms with Crippen molar-refractivity contribution in [3.8, 4) is 33.4 Å². The maximum absolute atomic E-state index is 3.92. The summed E-state index contributed by atoms with van der Waals surface area (Å²) in [5, 5.41) is 0. The highest BCUT2D eigenvalue weighted by atomic mass is 79.9. The van der Waals surface area contributed by atoms with Gasteiger partial charge in [-0.25, -0.2) is 0 Å². The molecule has 0 saturated heterocycles. The third-order valence-corrected chi connectivity index (χ3v) is 8.48. The molecule has 180 valence electrons. The Morgan fingerprint density at radius 1 is 0.395 bits per heavy atom. The van der Waals surface area contributed by atoms with Crippen LogP contribution in [0.25, 0.3) is 33.4 Å². The second-order valence-electron chi connectivity index (χ2n) is 9.85. The van der Waals surface area contributed by atoms with Gasteiger partial charge in [0.25, 0.3) is 0 Å². The molecule has 0 aromatic heterocycles. The van der Waals surface area contributed by atoms with Gasteiger partial charge in [0.05, 0.1) is 5.41 Å². The summed E-state index contributed by atoms with van der Waals surface area (Å²) >= 11 is 3.92. The van der Waals surface area contributed by atoms with E-state index in [0.29, 0.717) is 0 Å². The van der Waals surface area contributed by atoms with E-state index < -0.39 is 5.41 Å². The smallest absolute Gasteiger partial charge is 0.0622 e. The minimum absolute atomic E-state index is 0.453. The fourth-order valence-electron chi connectivity index (χ4n) is 6.20. The lowest BCUT2D eigenvalue weighted by atomic mass is 9.67. The molecule has 0 heterocycles. The summed E-state index contributed by atoms with van der Waals surface area (Å²) in [6.45, 7) is 0. The quantitative estimate of drug-likeness (QED) is 0.205. The maximum atomic E-state index is 3.92. The molecule has 0 spiro atoms. The first kappa shape index (κ1) is 23.0. The largest absolute Gasteiger partial charge is 0.0714 e. The average Bonchev–Trinajstić information content (AvgIpc) is 3.30. The number of rotatable bonds is 4. The summed E-state index contributed by atoms with van der Waals surface area (Å²) in [5.41, 5.74) is 12.2. The van der Waals surface area contributed by atoms with Gasteiger partial charge >= 0.3 is 0 Å². The summed E-state index contributed by atoms with van der Waals surface area (Å²) in [7, 11) is 0. The van der Waals surface area contributed by atoms with E-state index in [2.05, 4.69) is 168 Å². The summed E-state index contributed by atoms with van der Waals surface area (Å²) < 4.78 is 1.13. The molecule has 7 rings (SSSR count). The van der Waals surface area contributed by atoms with Crippen LogP contribution < -0.4 is 0 Å². The number of benzene rings is 6. The number of hydrogen-bond acceptors (Lipinski definition) is 0. The molecule has 6 aromatic carbocycles. The van der Waals surface area contributed by atoms with E-state index in [-0.39, 0.29) is 0 Å². The van der Waals surface area contributed by atoms with Gasteiger partial charge in [0, 0.05) is 10.0 Å². The van der Waals surface area contributed by atoms with Crippen LogP contribution in [0.3, 0.4) is 0 Å². The van der Waals surface area contributed by atoms with Crippen LogP contribution in [0.15, 0.2) is 156 Å². The van der Waals surface area contributed by atoms with E-state index in [1.165, 1.54) is 55.6 Å². The summed E-state index contributed by atoms with van der Waals surface area (Å²) in [4.78, 5) is 0. The number of fused-ring (bicyclic) bond motifs is 3. The van der Waals surface area contributed by atoms with Crippen molar-refractivity contribution in [1.82, 2.24) is 0 Å². The Bertz CT molecular complexity index is 1680. The Hall–Kier alpha value is -4.20. The molecule has 0 bridgehead atoms. The summed E-state index contributed by atoms with van der Waals surface area (Å²) in [5.74, 6) is 0. The van der Waals surface area contributed by atoms with Crippen molar-refractivity contribution in [2.75, 3.05) is 0 Å². The molecule has 0 amide bonds. The van der Waals surface area contributed by atoms with E-state index in [4.69, 9.17) is 0 Å². The van der Waals surface area contributed by atoms with Crippen molar-refractivity contribution < 1.29 is 0 Å². The Morgan fingerprint density at radius 2 is 0.868 bits per heavy atom. The molecule has 1 heteroatoms. The van der Waals surface area contributed by atoms with Crippen molar-refractivity contribution in [3.05, 3.63) is 178 Å². The standard InChI is InChI=1S/C37H25Br/c38-35-23-11-22-34-36(35)32-20-7-8-21-33(32)37(34,30-18-9-16-28(24-30)26-12-3-1-4-13-26)31-19-10-17-29(25-31)27-14-5-2-6-15-27/h1-25H. The molecule has 0 atom stereocenters. The number of hydrogen-bond donors (Lipinski definition) is 0. The van der Waals surface area contributed by atoms with Gasteiger partial charge in [0.2, 0.25) is 0 Å². The van der Waals surface area contributed by atoms with Crippen molar-refractivity contribution in [2.24, 2.45) is 0 Å². The fraction of sp³-hybridized carbons (Fsp3) is 0.0270. The molecule has 0 radical (unpaired) electrons. The fourth-order valence-corrected chi connectivity index (χ4v) is 6.78. The van der Waals surface area contributed by atoms with Crippen LogP contribution in [0.5, 0.6) is 0 Å². The molecule has 0 fully saturated rings. The highest BCUT2D eigenvalue weighted by Gasteiger charge is 2.46. The lowest BCUT2D eigenvalue weighted by Crippen LogP contribution is -2.28. The minimum Gasteiger partial charge on any atom is -0.0622 e. The van der Waals surface area contributed by atoms with Crippen LogP contribution in [0, 0.1) is 0 Å². The third-order valence-electron chi connectivity index (χ3n) is 7.82. The van der Waals surface area contributed by atoms with E-state index >= 15 is 0 Å². The van der Waals surface area contributed by atoms with E-state index in [0.717, 1.165) is 4.47 Å². The second-order valence-corrected chi connectivity index (χ2v) is 10.7. The zero-order valence-corrected chi connectivity index (χ0v) is 22.4. The average molecular weight is 550 g/mol. The van der Waals surface area contributed by atoms with Gasteiger partial charge in [-0.05, 0) is 68.3 Å². The molecule has 0 aliphatic heterocycles. The highest BCUT2D eigenvalue weighted by molar-refractivity contribution is 9.10. The van der Waals surface area contributed by atoms with Crippen LogP contribution in [0.1, 0.15) is 22.3 Å². The van der Waals surface area contributed by atoms with E-state index in [1.54, 1.807) is 0 Å². The Balaban J connectivity index is 1.58. The van der Waals surface area contributed by atoms with Crippen LogP contribution in [-0.4, -0.2) is 0 Å². The first-order valence-corrected chi connectivity index (χ1v) is 13.8. The lowest BCUT2D eigenvalue weighted by Gasteiger charge is -2.34. The predicted octanol–water partition coefficient (Wildman–Crippen LogP) is 10.1. The molecule has 1 aliphatic rings. The molecule has 0 N–H and O–H groups in total. The lowest BCUT2D eigenvalue weighted by molar-refractivity contribution is 0.769. The summed E-state index contributed by atoms with van der Waals surface area (Å²) in [6.07, 6.45) is 0. The second kappa shape index (κ2) is 9.28. The van der Waals surface area contributed by atoms with E-state index in [1.807, 2.05) is 0 Å². The van der Waals surface area contributed by atoms with Gasteiger partial charge in [-0.1, -0.05) is 149 Å². The van der Waals surface area contributed by atoms with Crippen molar-refractivity contribution in [2.45, 2.75) is 5.41 Å². The zero-order valence-electron chi connectivity index (χ0n) is 20.8. The van der Waals surface area contributed by atoms with Crippen LogP contribution in [0.4, 0.5) is 0 Å². The molecular weight excluding hydrogens is 524 g/mol. The predicted molar refractivity (Wildman–Crippen MR) is 162 cm³/mol. The van der Waals surface area contributed by atoms with Gasteiger partial charge in [-0.15, -0.1) is 0 Å². The van der Waals surface area contributed by atoms with Crippen molar-refractivity contribution in [1.29, 1.82) is 0 Å². The van der Waals surface area contributed by atoms with Crippen molar-refractivity contribution >= 4 is 15.9 Å². The third kappa shape index (κ3) is 3.50. The Morgan fingerprint density at radius 3 is 1.47 bits per heavy atom. The van der Waals surface area contributed by atoms with Crippen molar-refractivity contribution in [3.63, 3.8) is 0 Å². The minimum atomic E-state index is -0.453. The SMILES string of the molecule is Brc1cccc2c1-c1ccccc1C2(c1cccc(-c2ccccc2)c1)c1cccc(-c2ccccc2)c1. The molecule has 0 saturated carbocycles. The normalized spacial score (nSPS) is 13.1. The molecule has 0 unspecified atom stereocenters. The van der Waals surface area contributed by atoms with E-state index in [9.17, 15) is 0 Å². The molecule has 1 aliphatic carbocycles. The zero-order chi connectivity index (χ0) is 25.5. The van der Waals surface area contributed by atoms with Gasteiger partial charge in [0.1, 0.15) is 0 Å². The number of halogens is 1. The van der Waals surface area contributed by atoms with Crippen LogP contribution in [-0.2, 0) is 5.41 Å². The van der Waals surface area contributed by atoms with Gasteiger partial charge in [0.15, 0.2) is 0 Å². The first-order valence-electron chi connectivity index (χ1n) is 13.0. The van der Waals surface area contributed by atoms with Gasteiger partial charge in [-0.3, -0.25) is 0 Å². The molecule has 38 heavy (non-hydrogen) atoms. The first-order chi connectivity index (χ1) is 18.8.